The highest BCUT2D eigenvalue weighted by Crippen LogP contribution is 2.34. The molecule has 27 heavy (non-hydrogen) atoms. The number of carbonyl (C=O) groups is 1. The van der Waals surface area contributed by atoms with Crippen LogP contribution in [-0.4, -0.2) is 55.3 Å². The molecule has 0 radical (unpaired) electrons. The van der Waals surface area contributed by atoms with Gasteiger partial charge in [-0.2, -0.15) is 0 Å². The molecule has 0 bridgehead atoms. The monoisotopic (exact) mass is 394 g/mol. The quantitative estimate of drug-likeness (QED) is 0.801. The zero-order valence-electron chi connectivity index (χ0n) is 16.4. The van der Waals surface area contributed by atoms with E-state index in [0.29, 0.717) is 17.3 Å². The Hall–Kier alpha value is -1.30. The molecule has 1 aromatic rings. The molecule has 2 aliphatic rings. The fraction of sp³-hybridized carbons (Fsp3) is 0.667. The van der Waals surface area contributed by atoms with Gasteiger partial charge in [-0.15, -0.1) is 0 Å². The van der Waals surface area contributed by atoms with Crippen LogP contribution in [0.4, 0.5) is 0 Å². The van der Waals surface area contributed by atoms with E-state index in [2.05, 4.69) is 10.2 Å². The first kappa shape index (κ1) is 20.4. The van der Waals surface area contributed by atoms with Crippen molar-refractivity contribution < 1.29 is 14.3 Å². The molecule has 0 aromatic heterocycles. The Morgan fingerprint density at radius 3 is 2.67 bits per heavy atom. The summed E-state index contributed by atoms with van der Waals surface area (Å²) in [6, 6.07) is 5.46. The normalized spacial score (nSPS) is 21.4. The van der Waals surface area contributed by atoms with Crippen LogP contribution in [0.15, 0.2) is 18.2 Å². The summed E-state index contributed by atoms with van der Waals surface area (Å²) in [5.74, 6) is 0.598. The number of ether oxygens (including phenoxy) is 2. The summed E-state index contributed by atoms with van der Waals surface area (Å²) < 4.78 is 11.4. The smallest absolute Gasteiger partial charge is 0.260 e. The second-order valence-corrected chi connectivity index (χ2v) is 8.18. The Labute approximate surface area is 167 Å². The van der Waals surface area contributed by atoms with Crippen LogP contribution in [-0.2, 0) is 9.53 Å². The fourth-order valence-electron chi connectivity index (χ4n) is 4.20. The Morgan fingerprint density at radius 2 is 2.00 bits per heavy atom. The van der Waals surface area contributed by atoms with Gasteiger partial charge in [-0.25, -0.2) is 0 Å². The second kappa shape index (κ2) is 9.26. The number of carbonyl (C=O) groups excluding carboxylic acids is 1. The third-order valence-corrected chi connectivity index (χ3v) is 6.29. The van der Waals surface area contributed by atoms with Crippen molar-refractivity contribution in [2.75, 3.05) is 32.8 Å². The van der Waals surface area contributed by atoms with E-state index in [1.165, 1.54) is 19.3 Å². The van der Waals surface area contributed by atoms with E-state index in [0.717, 1.165) is 44.7 Å². The van der Waals surface area contributed by atoms with Gasteiger partial charge in [-0.05, 0) is 50.5 Å². The largest absolute Gasteiger partial charge is 0.481 e. The molecule has 1 amide bonds. The van der Waals surface area contributed by atoms with E-state index in [9.17, 15) is 4.79 Å². The minimum atomic E-state index is -0.545. The molecule has 6 heteroatoms. The van der Waals surface area contributed by atoms with E-state index in [1.54, 1.807) is 19.1 Å². The van der Waals surface area contributed by atoms with Gasteiger partial charge < -0.3 is 14.8 Å². The first-order chi connectivity index (χ1) is 13.0. The summed E-state index contributed by atoms with van der Waals surface area (Å²) in [5, 5.41) is 3.86. The number of aryl methyl sites for hydroxylation is 1. The number of hydrogen-bond acceptors (Lipinski definition) is 4. The zero-order valence-corrected chi connectivity index (χ0v) is 17.2. The summed E-state index contributed by atoms with van der Waals surface area (Å²) in [6.45, 7) is 7.87. The number of hydrogen-bond donors (Lipinski definition) is 1. The molecule has 1 saturated heterocycles. The van der Waals surface area contributed by atoms with Crippen molar-refractivity contribution >= 4 is 17.5 Å². The molecule has 0 spiro atoms. The first-order valence-corrected chi connectivity index (χ1v) is 10.4. The summed E-state index contributed by atoms with van der Waals surface area (Å²) in [5.41, 5.74) is 1.00. The molecule has 1 N–H and O–H groups in total. The van der Waals surface area contributed by atoms with Crippen LogP contribution in [0.2, 0.25) is 5.02 Å². The predicted molar refractivity (Wildman–Crippen MR) is 107 cm³/mol. The highest BCUT2D eigenvalue weighted by molar-refractivity contribution is 6.31. The highest BCUT2D eigenvalue weighted by atomic mass is 35.5. The number of morpholine rings is 1. The van der Waals surface area contributed by atoms with E-state index in [1.807, 2.05) is 13.0 Å². The van der Waals surface area contributed by atoms with Crippen LogP contribution in [0.1, 0.15) is 44.6 Å². The van der Waals surface area contributed by atoms with Gasteiger partial charge in [-0.3, -0.25) is 9.69 Å². The lowest BCUT2D eigenvalue weighted by atomic mass is 9.79. The number of nitrogens with zero attached hydrogens (tertiary/aromatic N) is 1. The maximum Gasteiger partial charge on any atom is 0.260 e. The van der Waals surface area contributed by atoms with Crippen LogP contribution in [0.3, 0.4) is 0 Å². The maximum atomic E-state index is 12.7. The van der Waals surface area contributed by atoms with Gasteiger partial charge in [-0.1, -0.05) is 30.9 Å². The van der Waals surface area contributed by atoms with Crippen LogP contribution in [0.5, 0.6) is 5.75 Å². The van der Waals surface area contributed by atoms with Crippen molar-refractivity contribution in [2.24, 2.45) is 0 Å². The number of nitrogens with one attached hydrogen (secondary N) is 1. The van der Waals surface area contributed by atoms with Gasteiger partial charge in [0.05, 0.1) is 13.2 Å². The van der Waals surface area contributed by atoms with E-state index in [-0.39, 0.29) is 11.4 Å². The lowest BCUT2D eigenvalue weighted by molar-refractivity contribution is -0.128. The SMILES string of the molecule is Cc1cc(OC(C)C(=O)NCC2(N3CCOCC3)CCCCC2)ccc1Cl. The molecule has 1 aromatic carbocycles. The molecule has 3 rings (SSSR count). The van der Waals surface area contributed by atoms with Gasteiger partial charge in [0, 0.05) is 30.2 Å². The molecule has 2 fully saturated rings. The van der Waals surface area contributed by atoms with E-state index < -0.39 is 6.10 Å². The summed E-state index contributed by atoms with van der Waals surface area (Å²) in [4.78, 5) is 15.2. The average Bonchev–Trinajstić information content (AvgIpc) is 2.70. The maximum absolute atomic E-state index is 12.7. The lowest BCUT2D eigenvalue weighted by Gasteiger charge is -2.48. The molecule has 1 aliphatic heterocycles. The predicted octanol–water partition coefficient (Wildman–Crippen LogP) is 3.57. The first-order valence-electron chi connectivity index (χ1n) is 10.0. The molecule has 5 nitrogen and oxygen atoms in total. The van der Waals surface area contributed by atoms with Crippen molar-refractivity contribution in [3.05, 3.63) is 28.8 Å². The van der Waals surface area contributed by atoms with Crippen LogP contribution in [0, 0.1) is 6.92 Å². The number of halogens is 1. The molecule has 150 valence electrons. The number of amides is 1. The average molecular weight is 395 g/mol. The molecular weight excluding hydrogens is 364 g/mol. The second-order valence-electron chi connectivity index (χ2n) is 7.77. The lowest BCUT2D eigenvalue weighted by Crippen LogP contribution is -2.60. The van der Waals surface area contributed by atoms with Gasteiger partial charge in [0.15, 0.2) is 6.10 Å². The zero-order chi connectivity index (χ0) is 19.3. The minimum absolute atomic E-state index is 0.0638. The highest BCUT2D eigenvalue weighted by Gasteiger charge is 2.39. The standard InChI is InChI=1S/C21H31ClN2O3/c1-16-14-18(6-7-19(16)22)27-17(2)20(25)23-15-21(8-4-3-5-9-21)24-10-12-26-13-11-24/h6-7,14,17H,3-5,8-13,15H2,1-2H3,(H,23,25). The third-order valence-electron chi connectivity index (χ3n) is 5.87. The molecule has 1 unspecified atom stereocenters. The minimum Gasteiger partial charge on any atom is -0.481 e. The third kappa shape index (κ3) is 5.15. The Morgan fingerprint density at radius 1 is 1.30 bits per heavy atom. The Balaban J connectivity index is 1.58. The summed E-state index contributed by atoms with van der Waals surface area (Å²) in [6.07, 6.45) is 5.47. The van der Waals surface area contributed by atoms with Crippen molar-refractivity contribution in [1.82, 2.24) is 10.2 Å². The van der Waals surface area contributed by atoms with Crippen molar-refractivity contribution in [2.45, 2.75) is 57.6 Å². The van der Waals surface area contributed by atoms with Gasteiger partial charge in [0.2, 0.25) is 0 Å². The van der Waals surface area contributed by atoms with Crippen LogP contribution < -0.4 is 10.1 Å². The van der Waals surface area contributed by atoms with Crippen molar-refractivity contribution in [1.29, 1.82) is 0 Å². The number of benzene rings is 1. The van der Waals surface area contributed by atoms with E-state index in [4.69, 9.17) is 21.1 Å². The fourth-order valence-corrected chi connectivity index (χ4v) is 4.31. The van der Waals surface area contributed by atoms with Crippen LogP contribution >= 0.6 is 11.6 Å². The molecule has 1 saturated carbocycles. The van der Waals surface area contributed by atoms with Gasteiger partial charge in [0.25, 0.3) is 5.91 Å². The topological polar surface area (TPSA) is 50.8 Å². The van der Waals surface area contributed by atoms with Gasteiger partial charge in [0.1, 0.15) is 5.75 Å². The Bertz CT molecular complexity index is 640. The summed E-state index contributed by atoms with van der Waals surface area (Å²) >= 11 is 6.06. The molecule has 1 atom stereocenters. The molecule has 1 aliphatic carbocycles. The van der Waals surface area contributed by atoms with Crippen LogP contribution in [0.25, 0.3) is 0 Å². The van der Waals surface area contributed by atoms with Gasteiger partial charge >= 0.3 is 0 Å². The summed E-state index contributed by atoms with van der Waals surface area (Å²) in [7, 11) is 0. The molecular formula is C21H31ClN2O3. The van der Waals surface area contributed by atoms with E-state index >= 15 is 0 Å². The van der Waals surface area contributed by atoms with Crippen molar-refractivity contribution in [3.63, 3.8) is 0 Å². The Kier molecular flexibility index (Phi) is 7.01. The van der Waals surface area contributed by atoms with Crippen molar-refractivity contribution in [3.8, 4) is 5.75 Å². The molecule has 1 heterocycles. The number of rotatable bonds is 6.